The standard InChI is InChI=1S/C20H21ClF2N2O2/c21-13-3-1-4-15(11-13)25-20(26)24-14-7-9-16(10-8-14)27-12-17-18(22)5-2-6-19(17)23/h1-6,11,14,16H,7-10,12H2,(H2,24,25,26). The summed E-state index contributed by atoms with van der Waals surface area (Å²) in [7, 11) is 0. The van der Waals surface area contributed by atoms with Gasteiger partial charge in [0, 0.05) is 22.3 Å². The molecule has 144 valence electrons. The number of nitrogens with one attached hydrogen (secondary N) is 2. The van der Waals surface area contributed by atoms with Crippen LogP contribution < -0.4 is 10.6 Å². The van der Waals surface area contributed by atoms with E-state index >= 15 is 0 Å². The molecule has 1 saturated carbocycles. The minimum atomic E-state index is -0.594. The monoisotopic (exact) mass is 394 g/mol. The number of hydrogen-bond acceptors (Lipinski definition) is 2. The zero-order chi connectivity index (χ0) is 19.2. The van der Waals surface area contributed by atoms with E-state index in [1.165, 1.54) is 18.2 Å². The van der Waals surface area contributed by atoms with Crippen molar-refractivity contribution in [2.24, 2.45) is 0 Å². The molecular weight excluding hydrogens is 374 g/mol. The van der Waals surface area contributed by atoms with E-state index in [0.717, 1.165) is 25.7 Å². The summed E-state index contributed by atoms with van der Waals surface area (Å²) in [4.78, 5) is 12.1. The van der Waals surface area contributed by atoms with Gasteiger partial charge in [-0.1, -0.05) is 23.7 Å². The lowest BCUT2D eigenvalue weighted by Crippen LogP contribution is -2.41. The number of anilines is 1. The van der Waals surface area contributed by atoms with Gasteiger partial charge in [-0.15, -0.1) is 0 Å². The maximum absolute atomic E-state index is 13.6. The third-order valence-electron chi connectivity index (χ3n) is 4.62. The highest BCUT2D eigenvalue weighted by molar-refractivity contribution is 6.30. The molecule has 0 aliphatic heterocycles. The minimum Gasteiger partial charge on any atom is -0.373 e. The van der Waals surface area contributed by atoms with Gasteiger partial charge in [0.2, 0.25) is 0 Å². The molecule has 0 bridgehead atoms. The smallest absolute Gasteiger partial charge is 0.319 e. The molecule has 4 nitrogen and oxygen atoms in total. The molecule has 2 aromatic carbocycles. The van der Waals surface area contributed by atoms with E-state index in [9.17, 15) is 13.6 Å². The van der Waals surface area contributed by atoms with E-state index in [4.69, 9.17) is 16.3 Å². The molecule has 2 amide bonds. The van der Waals surface area contributed by atoms with Gasteiger partial charge in [0.15, 0.2) is 0 Å². The van der Waals surface area contributed by atoms with Crippen molar-refractivity contribution < 1.29 is 18.3 Å². The molecular formula is C20H21ClF2N2O2. The fourth-order valence-electron chi connectivity index (χ4n) is 3.16. The first kappa shape index (κ1) is 19.6. The summed E-state index contributed by atoms with van der Waals surface area (Å²) in [6.45, 7) is -0.0868. The number of urea groups is 1. The average Bonchev–Trinajstić information content (AvgIpc) is 2.62. The van der Waals surface area contributed by atoms with Crippen LogP contribution in [-0.2, 0) is 11.3 Å². The molecule has 0 unspecified atom stereocenters. The van der Waals surface area contributed by atoms with Crippen LogP contribution in [-0.4, -0.2) is 18.2 Å². The summed E-state index contributed by atoms with van der Waals surface area (Å²) >= 11 is 5.90. The van der Waals surface area contributed by atoms with Crippen LogP contribution in [0.25, 0.3) is 0 Å². The lowest BCUT2D eigenvalue weighted by atomic mass is 9.93. The van der Waals surface area contributed by atoms with Crippen LogP contribution in [0, 0.1) is 11.6 Å². The maximum atomic E-state index is 13.6. The SMILES string of the molecule is O=C(Nc1cccc(Cl)c1)NC1CCC(OCc2c(F)cccc2F)CC1. The molecule has 27 heavy (non-hydrogen) atoms. The Hall–Kier alpha value is -2.18. The number of rotatable bonds is 5. The fourth-order valence-corrected chi connectivity index (χ4v) is 3.35. The topological polar surface area (TPSA) is 50.4 Å². The first-order chi connectivity index (χ1) is 13.0. The number of benzene rings is 2. The van der Waals surface area contributed by atoms with Crippen molar-refractivity contribution in [3.05, 3.63) is 64.7 Å². The van der Waals surface area contributed by atoms with Crippen LogP contribution >= 0.6 is 11.6 Å². The molecule has 2 aromatic rings. The predicted octanol–water partition coefficient (Wildman–Crippen LogP) is 5.27. The van der Waals surface area contributed by atoms with Gasteiger partial charge in [0.05, 0.1) is 12.7 Å². The molecule has 1 aliphatic rings. The van der Waals surface area contributed by atoms with E-state index in [1.54, 1.807) is 24.3 Å². The normalized spacial score (nSPS) is 19.5. The van der Waals surface area contributed by atoms with Crippen LogP contribution in [0.5, 0.6) is 0 Å². The molecule has 0 spiro atoms. The van der Waals surface area contributed by atoms with Gasteiger partial charge in [-0.25, -0.2) is 13.6 Å². The summed E-state index contributed by atoms with van der Waals surface area (Å²) in [5.74, 6) is -1.19. The zero-order valence-corrected chi connectivity index (χ0v) is 15.4. The summed E-state index contributed by atoms with van der Waals surface area (Å²) in [6, 6.07) is 10.5. The zero-order valence-electron chi connectivity index (χ0n) is 14.7. The van der Waals surface area contributed by atoms with Crippen molar-refractivity contribution in [2.75, 3.05) is 5.32 Å². The number of carbonyl (C=O) groups is 1. The Morgan fingerprint density at radius 2 is 1.74 bits per heavy atom. The van der Waals surface area contributed by atoms with Crippen molar-refractivity contribution in [3.63, 3.8) is 0 Å². The summed E-state index contributed by atoms with van der Waals surface area (Å²) in [5, 5.41) is 6.23. The third kappa shape index (κ3) is 5.65. The van der Waals surface area contributed by atoms with Crippen LogP contribution in [0.1, 0.15) is 31.2 Å². The molecule has 0 atom stereocenters. The van der Waals surface area contributed by atoms with Gasteiger partial charge in [0.1, 0.15) is 11.6 Å². The third-order valence-corrected chi connectivity index (χ3v) is 4.85. The molecule has 3 rings (SSSR count). The van der Waals surface area contributed by atoms with E-state index in [-0.39, 0.29) is 30.3 Å². The Labute approximate surface area is 161 Å². The molecule has 7 heteroatoms. The Morgan fingerprint density at radius 3 is 2.41 bits per heavy atom. The molecule has 1 fully saturated rings. The number of halogens is 3. The Kier molecular flexibility index (Phi) is 6.63. The van der Waals surface area contributed by atoms with Crippen molar-refractivity contribution >= 4 is 23.3 Å². The fraction of sp³-hybridized carbons (Fsp3) is 0.350. The first-order valence-electron chi connectivity index (χ1n) is 8.89. The molecule has 0 heterocycles. The number of ether oxygens (including phenoxy) is 1. The number of amides is 2. The highest BCUT2D eigenvalue weighted by Crippen LogP contribution is 2.24. The molecule has 0 saturated heterocycles. The Morgan fingerprint density at radius 1 is 1.07 bits per heavy atom. The van der Waals surface area contributed by atoms with Crippen molar-refractivity contribution in [1.29, 1.82) is 0 Å². The number of carbonyl (C=O) groups excluding carboxylic acids is 1. The lowest BCUT2D eigenvalue weighted by molar-refractivity contribution is 0.00964. The highest BCUT2D eigenvalue weighted by atomic mass is 35.5. The second-order valence-corrected chi connectivity index (χ2v) is 7.03. The quantitative estimate of drug-likeness (QED) is 0.726. The maximum Gasteiger partial charge on any atom is 0.319 e. The van der Waals surface area contributed by atoms with E-state index < -0.39 is 11.6 Å². The average molecular weight is 395 g/mol. The van der Waals surface area contributed by atoms with Gasteiger partial charge in [-0.3, -0.25) is 0 Å². The van der Waals surface area contributed by atoms with Gasteiger partial charge in [-0.05, 0) is 56.0 Å². The Bertz CT molecular complexity index is 775. The number of hydrogen-bond donors (Lipinski definition) is 2. The van der Waals surface area contributed by atoms with Crippen molar-refractivity contribution in [1.82, 2.24) is 5.32 Å². The van der Waals surface area contributed by atoms with Crippen molar-refractivity contribution in [2.45, 2.75) is 44.4 Å². The minimum absolute atomic E-state index is 0.0363. The molecule has 1 aliphatic carbocycles. The van der Waals surface area contributed by atoms with Gasteiger partial charge >= 0.3 is 6.03 Å². The summed E-state index contributed by atoms with van der Waals surface area (Å²) < 4.78 is 32.9. The van der Waals surface area contributed by atoms with E-state index in [1.807, 2.05) is 0 Å². The Balaban J connectivity index is 1.41. The summed E-state index contributed by atoms with van der Waals surface area (Å²) in [5.41, 5.74) is 0.586. The molecule has 0 radical (unpaired) electrons. The lowest BCUT2D eigenvalue weighted by Gasteiger charge is -2.29. The predicted molar refractivity (Wildman–Crippen MR) is 101 cm³/mol. The first-order valence-corrected chi connectivity index (χ1v) is 9.26. The van der Waals surface area contributed by atoms with Gasteiger partial charge < -0.3 is 15.4 Å². The van der Waals surface area contributed by atoms with Crippen LogP contribution in [0.4, 0.5) is 19.3 Å². The van der Waals surface area contributed by atoms with Gasteiger partial charge in [-0.2, -0.15) is 0 Å². The largest absolute Gasteiger partial charge is 0.373 e. The second kappa shape index (κ2) is 9.15. The van der Waals surface area contributed by atoms with E-state index in [2.05, 4.69) is 10.6 Å². The molecule has 0 aromatic heterocycles. The van der Waals surface area contributed by atoms with Crippen LogP contribution in [0.15, 0.2) is 42.5 Å². The van der Waals surface area contributed by atoms with Crippen LogP contribution in [0.3, 0.4) is 0 Å². The molecule has 2 N–H and O–H groups in total. The van der Waals surface area contributed by atoms with Crippen molar-refractivity contribution in [3.8, 4) is 0 Å². The van der Waals surface area contributed by atoms with E-state index in [0.29, 0.717) is 10.7 Å². The summed E-state index contributed by atoms with van der Waals surface area (Å²) in [6.07, 6.45) is 2.86. The van der Waals surface area contributed by atoms with Gasteiger partial charge in [0.25, 0.3) is 0 Å². The van der Waals surface area contributed by atoms with Crippen LogP contribution in [0.2, 0.25) is 5.02 Å². The highest BCUT2D eigenvalue weighted by Gasteiger charge is 2.23. The second-order valence-electron chi connectivity index (χ2n) is 6.59.